The van der Waals surface area contributed by atoms with Crippen LogP contribution in [0.25, 0.3) is 6.08 Å². The molecule has 0 saturated heterocycles. The normalized spacial score (nSPS) is 11.0. The fraction of sp³-hybridized carbons (Fsp3) is 0.312. The Hall–Kier alpha value is -3.01. The molecule has 0 heterocycles. The first-order valence-electron chi connectivity index (χ1n) is 7.02. The molecule has 1 rings (SSSR count). The number of aromatic hydroxyl groups is 2. The molecule has 0 unspecified atom stereocenters. The molecule has 0 bridgehead atoms. The SMILES string of the molecule is CC(C)CNC(=O)CNC(=O)/C(C#N)=C/c1ccc(O)c(O)c1. The first kappa shape index (κ1) is 18.0. The highest BCUT2D eigenvalue weighted by Gasteiger charge is 2.11. The van der Waals surface area contributed by atoms with Gasteiger partial charge in [-0.25, -0.2) is 0 Å². The first-order chi connectivity index (χ1) is 10.8. The summed E-state index contributed by atoms with van der Waals surface area (Å²) in [6, 6.07) is 5.63. The van der Waals surface area contributed by atoms with Gasteiger partial charge in [0.15, 0.2) is 11.5 Å². The molecule has 1 aromatic rings. The van der Waals surface area contributed by atoms with Crippen LogP contribution in [0.4, 0.5) is 0 Å². The van der Waals surface area contributed by atoms with Crippen molar-refractivity contribution in [2.24, 2.45) is 5.92 Å². The predicted molar refractivity (Wildman–Crippen MR) is 84.2 cm³/mol. The van der Waals surface area contributed by atoms with Crippen LogP contribution < -0.4 is 10.6 Å². The molecule has 2 amide bonds. The zero-order chi connectivity index (χ0) is 17.4. The van der Waals surface area contributed by atoms with Gasteiger partial charge in [0.05, 0.1) is 6.54 Å². The lowest BCUT2D eigenvalue weighted by atomic mass is 10.1. The van der Waals surface area contributed by atoms with Gasteiger partial charge in [-0.05, 0) is 29.7 Å². The molecule has 0 aliphatic rings. The molecule has 1 aromatic carbocycles. The van der Waals surface area contributed by atoms with Gasteiger partial charge in [0.2, 0.25) is 5.91 Å². The van der Waals surface area contributed by atoms with Crippen molar-refractivity contribution in [1.29, 1.82) is 5.26 Å². The molecule has 0 spiro atoms. The molecule has 0 aliphatic carbocycles. The zero-order valence-corrected chi connectivity index (χ0v) is 13.0. The molecule has 0 aliphatic heterocycles. The highest BCUT2D eigenvalue weighted by Crippen LogP contribution is 2.25. The van der Waals surface area contributed by atoms with E-state index in [4.69, 9.17) is 5.26 Å². The third-order valence-corrected chi connectivity index (χ3v) is 2.79. The van der Waals surface area contributed by atoms with Crippen molar-refractivity contribution in [3.05, 3.63) is 29.3 Å². The number of hydrogen-bond donors (Lipinski definition) is 4. The molecule has 4 N–H and O–H groups in total. The summed E-state index contributed by atoms with van der Waals surface area (Å²) < 4.78 is 0. The number of hydrogen-bond acceptors (Lipinski definition) is 5. The van der Waals surface area contributed by atoms with Gasteiger partial charge in [0.25, 0.3) is 5.91 Å². The Balaban J connectivity index is 2.68. The number of nitrogens with one attached hydrogen (secondary N) is 2. The van der Waals surface area contributed by atoms with E-state index in [0.717, 1.165) is 0 Å². The third kappa shape index (κ3) is 6.09. The van der Waals surface area contributed by atoms with Crippen LogP contribution in [0.15, 0.2) is 23.8 Å². The van der Waals surface area contributed by atoms with E-state index in [9.17, 15) is 19.8 Å². The van der Waals surface area contributed by atoms with E-state index in [2.05, 4.69) is 10.6 Å². The maximum Gasteiger partial charge on any atom is 0.262 e. The number of rotatable bonds is 6. The molecule has 23 heavy (non-hydrogen) atoms. The molecule has 0 atom stereocenters. The average molecular weight is 317 g/mol. The summed E-state index contributed by atoms with van der Waals surface area (Å²) in [4.78, 5) is 23.4. The van der Waals surface area contributed by atoms with E-state index in [0.29, 0.717) is 18.0 Å². The van der Waals surface area contributed by atoms with E-state index in [-0.39, 0.29) is 29.5 Å². The minimum atomic E-state index is -0.695. The summed E-state index contributed by atoms with van der Waals surface area (Å²) in [5.74, 6) is -1.39. The van der Waals surface area contributed by atoms with Gasteiger partial charge in [-0.3, -0.25) is 9.59 Å². The van der Waals surface area contributed by atoms with Crippen LogP contribution in [0.1, 0.15) is 19.4 Å². The average Bonchev–Trinajstić information content (AvgIpc) is 2.51. The summed E-state index contributed by atoms with van der Waals surface area (Å²) in [5.41, 5.74) is 0.156. The quantitative estimate of drug-likeness (QED) is 0.352. The van der Waals surface area contributed by atoms with Gasteiger partial charge >= 0.3 is 0 Å². The maximum atomic E-state index is 11.9. The second kappa shape index (κ2) is 8.44. The first-order valence-corrected chi connectivity index (χ1v) is 7.02. The van der Waals surface area contributed by atoms with Gasteiger partial charge in [0, 0.05) is 6.54 Å². The minimum absolute atomic E-state index is 0.216. The number of nitriles is 1. The van der Waals surface area contributed by atoms with Gasteiger partial charge < -0.3 is 20.8 Å². The molecule has 0 fully saturated rings. The lowest BCUT2D eigenvalue weighted by molar-refractivity contribution is -0.124. The fourth-order valence-electron chi connectivity index (χ4n) is 1.58. The number of phenols is 2. The maximum absolute atomic E-state index is 11.9. The van der Waals surface area contributed by atoms with Crippen LogP contribution in [-0.2, 0) is 9.59 Å². The topological polar surface area (TPSA) is 122 Å². The van der Waals surface area contributed by atoms with Gasteiger partial charge in [0.1, 0.15) is 11.6 Å². The summed E-state index contributed by atoms with van der Waals surface area (Å²) in [7, 11) is 0. The van der Waals surface area contributed by atoms with Crippen molar-refractivity contribution in [1.82, 2.24) is 10.6 Å². The highest BCUT2D eigenvalue weighted by molar-refractivity contribution is 6.03. The van der Waals surface area contributed by atoms with Crippen molar-refractivity contribution in [3.8, 4) is 17.6 Å². The van der Waals surface area contributed by atoms with Crippen LogP contribution in [-0.4, -0.2) is 35.1 Å². The number of benzene rings is 1. The van der Waals surface area contributed by atoms with E-state index in [1.807, 2.05) is 13.8 Å². The van der Waals surface area contributed by atoms with Crippen molar-refractivity contribution in [2.45, 2.75) is 13.8 Å². The molecular weight excluding hydrogens is 298 g/mol. The van der Waals surface area contributed by atoms with Crippen LogP contribution in [0.2, 0.25) is 0 Å². The Kier molecular flexibility index (Phi) is 6.62. The molecule has 7 heteroatoms. The van der Waals surface area contributed by atoms with E-state index in [1.165, 1.54) is 24.3 Å². The Bertz CT molecular complexity index is 660. The zero-order valence-electron chi connectivity index (χ0n) is 13.0. The molecule has 0 saturated carbocycles. The van der Waals surface area contributed by atoms with Crippen LogP contribution in [0.3, 0.4) is 0 Å². The van der Waals surface area contributed by atoms with Gasteiger partial charge in [-0.1, -0.05) is 19.9 Å². The lowest BCUT2D eigenvalue weighted by Crippen LogP contribution is -2.38. The Morgan fingerprint density at radius 1 is 1.26 bits per heavy atom. The summed E-state index contributed by atoms with van der Waals surface area (Å²) in [6.07, 6.45) is 1.25. The number of nitrogens with zero attached hydrogens (tertiary/aromatic N) is 1. The standard InChI is InChI=1S/C16H19N3O4/c1-10(2)8-18-15(22)9-19-16(23)12(7-17)5-11-3-4-13(20)14(21)6-11/h3-6,10,20-21H,8-9H2,1-2H3,(H,18,22)(H,19,23)/b12-5+. The van der Waals surface area contributed by atoms with E-state index < -0.39 is 5.91 Å². The second-order valence-electron chi connectivity index (χ2n) is 5.30. The monoisotopic (exact) mass is 317 g/mol. The predicted octanol–water partition coefficient (Wildman–Crippen LogP) is 0.893. The van der Waals surface area contributed by atoms with Gasteiger partial charge in [-0.2, -0.15) is 5.26 Å². The summed E-state index contributed by atoms with van der Waals surface area (Å²) in [5, 5.41) is 32.6. The molecular formula is C16H19N3O4. The summed E-state index contributed by atoms with van der Waals surface area (Å²) >= 11 is 0. The van der Waals surface area contributed by atoms with Crippen LogP contribution >= 0.6 is 0 Å². The van der Waals surface area contributed by atoms with E-state index >= 15 is 0 Å². The third-order valence-electron chi connectivity index (χ3n) is 2.79. The Morgan fingerprint density at radius 3 is 2.52 bits per heavy atom. The smallest absolute Gasteiger partial charge is 0.262 e. The van der Waals surface area contributed by atoms with Crippen molar-refractivity contribution in [2.75, 3.05) is 13.1 Å². The van der Waals surface area contributed by atoms with Crippen LogP contribution in [0, 0.1) is 17.2 Å². The number of carbonyl (C=O) groups is 2. The fourth-order valence-corrected chi connectivity index (χ4v) is 1.58. The summed E-state index contributed by atoms with van der Waals surface area (Å²) in [6.45, 7) is 4.17. The number of amides is 2. The van der Waals surface area contributed by atoms with E-state index in [1.54, 1.807) is 6.07 Å². The van der Waals surface area contributed by atoms with Crippen LogP contribution in [0.5, 0.6) is 11.5 Å². The molecule has 122 valence electrons. The van der Waals surface area contributed by atoms with Gasteiger partial charge in [-0.15, -0.1) is 0 Å². The Morgan fingerprint density at radius 2 is 1.96 bits per heavy atom. The highest BCUT2D eigenvalue weighted by atomic mass is 16.3. The Labute approximate surface area is 134 Å². The molecule has 7 nitrogen and oxygen atoms in total. The number of carbonyl (C=O) groups excluding carboxylic acids is 2. The van der Waals surface area contributed by atoms with Crippen molar-refractivity contribution in [3.63, 3.8) is 0 Å². The number of phenolic OH excluding ortho intramolecular Hbond substituents is 2. The lowest BCUT2D eigenvalue weighted by Gasteiger charge is -2.08. The second-order valence-corrected chi connectivity index (χ2v) is 5.30. The molecule has 0 radical (unpaired) electrons. The van der Waals surface area contributed by atoms with Crippen molar-refractivity contribution >= 4 is 17.9 Å². The molecule has 0 aromatic heterocycles. The minimum Gasteiger partial charge on any atom is -0.504 e. The van der Waals surface area contributed by atoms with Crippen molar-refractivity contribution < 1.29 is 19.8 Å². The largest absolute Gasteiger partial charge is 0.504 e.